The Morgan fingerprint density at radius 2 is 0.367 bits per heavy atom. The monoisotopic (exact) mass is 1310 g/mol. The maximum Gasteiger partial charge on any atom is 0.281 e. The average Bonchev–Trinajstić information content (AvgIpc) is 0.693. The van der Waals surface area contributed by atoms with Gasteiger partial charge in [-0.3, -0.25) is 48.2 Å². The lowest BCUT2D eigenvalue weighted by molar-refractivity contribution is 0.00213. The summed E-state index contributed by atoms with van der Waals surface area (Å²) in [6.07, 6.45) is 35.3. The molecule has 0 bridgehead atoms. The van der Waals surface area contributed by atoms with E-state index < -0.39 is 23.6 Å². The predicted octanol–water partition coefficient (Wildman–Crippen LogP) is 22.1. The van der Waals surface area contributed by atoms with E-state index in [0.29, 0.717) is 64.6 Å². The number of hydrazine groups is 1. The first-order valence-electron chi connectivity index (χ1n) is 37.9. The van der Waals surface area contributed by atoms with Gasteiger partial charge < -0.3 is 0 Å². The van der Waals surface area contributed by atoms with Gasteiger partial charge in [0.25, 0.3) is 47.3 Å². The van der Waals surface area contributed by atoms with Crippen molar-refractivity contribution in [2.24, 2.45) is 0 Å². The summed E-state index contributed by atoms with van der Waals surface area (Å²) in [6.45, 7) is 8.91. The molecule has 4 aliphatic rings. The first-order valence-corrected chi connectivity index (χ1v) is 37.9. The van der Waals surface area contributed by atoms with Crippen LogP contribution in [0.2, 0.25) is 0 Å². The number of fused-ring (bicyclic) bond motifs is 4. The summed E-state index contributed by atoms with van der Waals surface area (Å²) < 4.78 is 0. The summed E-state index contributed by atoms with van der Waals surface area (Å²) in [7, 11) is 0. The third-order valence-corrected chi connectivity index (χ3v) is 22.8. The van der Waals surface area contributed by atoms with Gasteiger partial charge in [0, 0.05) is 55.9 Å². The molecule has 4 aliphatic heterocycles. The van der Waals surface area contributed by atoms with Gasteiger partial charge in [-0.25, -0.2) is 0 Å². The van der Waals surface area contributed by atoms with Crippen LogP contribution in [-0.2, 0) is 0 Å². The summed E-state index contributed by atoms with van der Waals surface area (Å²) in [4.78, 5) is 124. The standard InChI is InChI=1S/C86H94N4O8/c1-5-9-13-17-21-25-29-33-53(34-30-26-22-18-14-10-6-2)87-79(91)63-45-37-55-59-41-49-67-77-68(50-42-60(73(59)77)56-38-46-64(80(87)92)75(63)71(55)56)84(96)89(83(67)95)90-85(97)69-51-43-61-57-39-47-65-76-66(48-40-58(72(57)76)62-44-52-70(86(90)98)78(69)74(61)62)82(94)88(81(65)93)54(35-31-27-23-19-15-11-7-3)36-32-28-24-20-16-12-8-4/h37-54H,5-36H2,1-4H3. The summed E-state index contributed by atoms with van der Waals surface area (Å²) in [6, 6.07) is 28.7. The minimum absolute atomic E-state index is 0.147. The molecule has 0 aliphatic carbocycles. The molecule has 10 aromatic rings. The molecule has 12 heteroatoms. The summed E-state index contributed by atoms with van der Waals surface area (Å²) in [5, 5.41) is 12.4. The van der Waals surface area contributed by atoms with Gasteiger partial charge in [0.1, 0.15) is 0 Å². The highest BCUT2D eigenvalue weighted by atomic mass is 16.2. The minimum atomic E-state index is -0.824. The van der Waals surface area contributed by atoms with Crippen LogP contribution in [0.3, 0.4) is 0 Å². The maximum absolute atomic E-state index is 15.3. The quantitative estimate of drug-likeness (QED) is 0.0165. The van der Waals surface area contributed by atoms with Crippen LogP contribution < -0.4 is 0 Å². The molecule has 0 N–H and O–H groups in total. The van der Waals surface area contributed by atoms with Gasteiger partial charge in [-0.05, 0) is 139 Å². The number of imide groups is 4. The molecule has 0 aromatic heterocycles. The van der Waals surface area contributed by atoms with Crippen molar-refractivity contribution in [3.05, 3.63) is 142 Å². The molecule has 12 nitrogen and oxygen atoms in total. The number of rotatable bonds is 35. The Hall–Kier alpha value is -8.64. The number of unbranched alkanes of at least 4 members (excludes halogenated alkanes) is 24. The van der Waals surface area contributed by atoms with E-state index in [2.05, 4.69) is 27.7 Å². The van der Waals surface area contributed by atoms with Crippen molar-refractivity contribution in [3.8, 4) is 0 Å². The Kier molecular flexibility index (Phi) is 19.5. The van der Waals surface area contributed by atoms with Crippen LogP contribution in [0, 0.1) is 0 Å². The number of nitrogens with zero attached hydrogens (tertiary/aromatic N) is 4. The fourth-order valence-electron chi connectivity index (χ4n) is 17.7. The van der Waals surface area contributed by atoms with Crippen LogP contribution in [0.15, 0.2) is 97.1 Å². The molecule has 4 heterocycles. The van der Waals surface area contributed by atoms with E-state index in [0.717, 1.165) is 157 Å². The Morgan fingerprint density at radius 1 is 0.204 bits per heavy atom. The van der Waals surface area contributed by atoms with Crippen molar-refractivity contribution in [1.82, 2.24) is 19.8 Å². The fourth-order valence-corrected chi connectivity index (χ4v) is 17.7. The Balaban J connectivity index is 0.758. The molecule has 0 atom stereocenters. The zero-order valence-electron chi connectivity index (χ0n) is 58.1. The van der Waals surface area contributed by atoms with Crippen LogP contribution in [0.25, 0.3) is 86.2 Å². The molecular weight excluding hydrogens is 1220 g/mol. The predicted molar refractivity (Wildman–Crippen MR) is 395 cm³/mol. The van der Waals surface area contributed by atoms with E-state index in [4.69, 9.17) is 0 Å². The molecule has 0 spiro atoms. The van der Waals surface area contributed by atoms with Gasteiger partial charge in [0.05, 0.1) is 22.3 Å². The second kappa shape index (κ2) is 28.7. The zero-order valence-corrected chi connectivity index (χ0v) is 58.1. The van der Waals surface area contributed by atoms with Gasteiger partial charge in [0.2, 0.25) is 0 Å². The number of amides is 8. The molecule has 0 radical (unpaired) electrons. The van der Waals surface area contributed by atoms with Crippen molar-refractivity contribution in [1.29, 1.82) is 0 Å². The first-order chi connectivity index (χ1) is 47.9. The van der Waals surface area contributed by atoms with Crippen molar-refractivity contribution >= 4 is 133 Å². The van der Waals surface area contributed by atoms with Crippen LogP contribution in [0.4, 0.5) is 0 Å². The van der Waals surface area contributed by atoms with E-state index in [9.17, 15) is 0 Å². The summed E-state index contributed by atoms with van der Waals surface area (Å²) in [5.74, 6) is -4.35. The van der Waals surface area contributed by atoms with Gasteiger partial charge in [-0.15, -0.1) is 0 Å². The number of hydrogen-bond donors (Lipinski definition) is 0. The van der Waals surface area contributed by atoms with Crippen LogP contribution in [-0.4, -0.2) is 79.2 Å². The number of benzene rings is 10. The molecule has 506 valence electrons. The molecule has 8 amide bonds. The minimum Gasteiger partial charge on any atom is -0.271 e. The highest BCUT2D eigenvalue weighted by Crippen LogP contribution is 2.50. The summed E-state index contributed by atoms with van der Waals surface area (Å²) >= 11 is 0. The first kappa shape index (κ1) is 66.6. The molecule has 14 rings (SSSR count). The SMILES string of the molecule is CCCCCCCCCC(CCCCCCCCC)N1C(=O)c2ccc3c4ccc5c6c(ccc(c7ccc(c2c37)C1=O)c64)C(=O)N(N1C(=O)c2ccc3c4ccc6c7c(ccc(c8ccc(c2c38)C1=O)c74)C(=O)N(C(CCCCCCCCC)CCCCCCCCC)C6=O)C5=O. The van der Waals surface area contributed by atoms with Crippen LogP contribution in [0.5, 0.6) is 0 Å². The molecule has 0 unspecified atom stereocenters. The van der Waals surface area contributed by atoms with E-state index in [1.165, 1.54) is 103 Å². The van der Waals surface area contributed by atoms with Crippen molar-refractivity contribution in [2.45, 2.75) is 245 Å². The van der Waals surface area contributed by atoms with Gasteiger partial charge in [0.15, 0.2) is 0 Å². The Bertz CT molecular complexity index is 4250. The van der Waals surface area contributed by atoms with E-state index in [-0.39, 0.29) is 58.0 Å². The number of carbonyl (C=O) groups is 8. The fraction of sp³-hybridized carbons (Fsp3) is 0.442. The molecular formula is C86H94N4O8. The molecule has 0 saturated carbocycles. The lowest BCUT2D eigenvalue weighted by Crippen LogP contribution is -2.58. The van der Waals surface area contributed by atoms with Gasteiger partial charge in [-0.1, -0.05) is 256 Å². The normalized spacial score (nSPS) is 14.9. The lowest BCUT2D eigenvalue weighted by atomic mass is 9.81. The lowest BCUT2D eigenvalue weighted by Gasteiger charge is -2.37. The van der Waals surface area contributed by atoms with Crippen LogP contribution >= 0.6 is 0 Å². The largest absolute Gasteiger partial charge is 0.281 e. The highest BCUT2D eigenvalue weighted by Gasteiger charge is 2.47. The number of hydrogen-bond acceptors (Lipinski definition) is 8. The van der Waals surface area contributed by atoms with Gasteiger partial charge >= 0.3 is 0 Å². The van der Waals surface area contributed by atoms with Gasteiger partial charge in [-0.2, -0.15) is 10.0 Å². The molecule has 0 saturated heterocycles. The Morgan fingerprint density at radius 3 is 0.551 bits per heavy atom. The summed E-state index contributed by atoms with van der Waals surface area (Å²) in [5.41, 5.74) is 2.57. The third-order valence-electron chi connectivity index (χ3n) is 22.8. The smallest absolute Gasteiger partial charge is 0.271 e. The Labute approximate surface area is 575 Å². The highest BCUT2D eigenvalue weighted by molar-refractivity contribution is 6.44. The number of carbonyl (C=O) groups excluding carboxylic acids is 8. The van der Waals surface area contributed by atoms with E-state index in [1.54, 1.807) is 34.1 Å². The zero-order chi connectivity index (χ0) is 67.9. The average molecular weight is 1310 g/mol. The van der Waals surface area contributed by atoms with Crippen molar-refractivity contribution in [2.75, 3.05) is 0 Å². The topological polar surface area (TPSA) is 150 Å². The van der Waals surface area contributed by atoms with Crippen LogP contribution in [0.1, 0.15) is 316 Å². The molecule has 0 fully saturated rings. The third kappa shape index (κ3) is 11.4. The van der Waals surface area contributed by atoms with E-state index >= 15 is 38.4 Å². The molecule has 10 aromatic carbocycles. The second-order valence-electron chi connectivity index (χ2n) is 29.0. The van der Waals surface area contributed by atoms with E-state index in [1.807, 2.05) is 72.8 Å². The maximum atomic E-state index is 15.3. The second-order valence-corrected chi connectivity index (χ2v) is 29.0. The van der Waals surface area contributed by atoms with Crippen molar-refractivity contribution < 1.29 is 38.4 Å². The molecule has 98 heavy (non-hydrogen) atoms. The van der Waals surface area contributed by atoms with Crippen molar-refractivity contribution in [3.63, 3.8) is 0 Å².